The van der Waals surface area contributed by atoms with E-state index in [-0.39, 0.29) is 5.92 Å². The number of fused-ring (bicyclic) bond motifs is 6. The lowest BCUT2D eigenvalue weighted by Crippen LogP contribution is -2.56. The molecule has 3 aromatic heterocycles. The Morgan fingerprint density at radius 2 is 0.605 bits per heavy atom. The quantitative estimate of drug-likeness (QED) is 0.161. The number of aromatic nitrogens is 4. The van der Waals surface area contributed by atoms with Crippen molar-refractivity contribution in [1.29, 1.82) is 0 Å². The lowest BCUT2D eigenvalue weighted by atomic mass is 9.57. The number of hydrogen-bond acceptors (Lipinski definition) is 4. The molecule has 1 aliphatic carbocycles. The van der Waals surface area contributed by atoms with Crippen molar-refractivity contribution in [2.75, 3.05) is 0 Å². The minimum absolute atomic E-state index is 0.0191. The molecule has 338 valence electrons. The van der Waals surface area contributed by atoms with Crippen LogP contribution in [-0.4, -0.2) is 231 Å². The molecule has 0 aliphatic heterocycles. The molecule has 0 saturated carbocycles. The minimum Gasteiger partial charge on any atom is -0.458 e. The Morgan fingerprint density at radius 1 is 0.289 bits per heavy atom. The molecule has 0 fully saturated rings. The highest BCUT2D eigenvalue weighted by atomic mass is 16.3. The molecule has 9 aromatic rings. The molecule has 5 nitrogen and oxygen atoms in total. The number of allylic oxidation sites excluding steroid dienone is 1. The maximum Gasteiger partial charge on any atom is 0.164 e. The standard InChI is InChI=1S/C44H55B27N4O/c45-10-1(4-11(46)20(55)27(62)21(56)12(4)47)2-3-7(15(50)26(61)36(71)41(3)76-40(2)35(10)70)42-72-43(8-16(51)24(59)28(63)25(60)17(8)52)74-44(73-42)9-18(53)31(66)39(32(67)19(9)54)75-37-5(13(48)22(57)29(64)33(37)68)6-14(49)23(58)30(65)34(69)38(6)75/h1H,45-71H2. The van der Waals surface area contributed by atoms with Crippen LogP contribution in [0, 0.1) is 0 Å². The second kappa shape index (κ2) is 18.6. The maximum atomic E-state index is 7.26. The molecule has 76 heavy (non-hydrogen) atoms. The molecule has 1 aliphatic rings. The van der Waals surface area contributed by atoms with Gasteiger partial charge in [0.25, 0.3) is 0 Å². The molecule has 3 heterocycles. The van der Waals surface area contributed by atoms with Gasteiger partial charge in [-0.25, -0.2) is 15.0 Å². The normalized spacial score (nSPS) is 13.4. The van der Waals surface area contributed by atoms with E-state index in [2.05, 4.69) is 216 Å². The van der Waals surface area contributed by atoms with Gasteiger partial charge < -0.3 is 8.98 Å². The summed E-state index contributed by atoms with van der Waals surface area (Å²) >= 11 is 0. The summed E-state index contributed by atoms with van der Waals surface area (Å²) in [7, 11) is 61.9. The van der Waals surface area contributed by atoms with Gasteiger partial charge in [-0.05, 0) is 10.8 Å². The first-order valence-corrected chi connectivity index (χ1v) is 27.8. The zero-order chi connectivity index (χ0) is 55.8. The summed E-state index contributed by atoms with van der Waals surface area (Å²) in [5, 5.41) is 3.87. The average Bonchev–Trinajstić information content (AvgIpc) is 4.14. The number of benzene rings is 6. The monoisotopic (exact) mass is 953 g/mol. The van der Waals surface area contributed by atoms with E-state index >= 15 is 0 Å². The molecule has 6 aromatic carbocycles. The van der Waals surface area contributed by atoms with E-state index in [1.54, 1.807) is 0 Å². The molecule has 0 saturated heterocycles. The molecule has 0 bridgehead atoms. The fourth-order valence-electron chi connectivity index (χ4n) is 14.2. The van der Waals surface area contributed by atoms with Crippen LogP contribution in [0.5, 0.6) is 0 Å². The van der Waals surface area contributed by atoms with E-state index in [9.17, 15) is 0 Å². The van der Waals surface area contributed by atoms with Crippen molar-refractivity contribution in [3.63, 3.8) is 0 Å². The van der Waals surface area contributed by atoms with Crippen molar-refractivity contribution in [3.8, 4) is 39.9 Å². The van der Waals surface area contributed by atoms with Crippen LogP contribution in [0.2, 0.25) is 0 Å². The van der Waals surface area contributed by atoms with Crippen molar-refractivity contribution in [3.05, 3.63) is 22.4 Å². The molecular weight excluding hydrogens is 892 g/mol. The smallest absolute Gasteiger partial charge is 0.164 e. The van der Waals surface area contributed by atoms with Crippen LogP contribution in [0.4, 0.5) is 0 Å². The highest BCUT2D eigenvalue weighted by molar-refractivity contribution is 6.74. The molecule has 0 radical (unpaired) electrons. The molecule has 1 unspecified atom stereocenters. The Hall–Kier alpha value is -4.84. The van der Waals surface area contributed by atoms with E-state index in [1.807, 2.05) is 0 Å². The van der Waals surface area contributed by atoms with E-state index in [4.69, 9.17) is 19.4 Å². The van der Waals surface area contributed by atoms with Gasteiger partial charge in [0.05, 0.1) is 0 Å². The third-order valence-electron chi connectivity index (χ3n) is 21.2. The van der Waals surface area contributed by atoms with Crippen molar-refractivity contribution < 1.29 is 4.42 Å². The van der Waals surface area contributed by atoms with Gasteiger partial charge in [0, 0.05) is 50.3 Å². The van der Waals surface area contributed by atoms with Crippen LogP contribution < -0.4 is 137 Å². The van der Waals surface area contributed by atoms with Crippen LogP contribution in [0.1, 0.15) is 22.8 Å². The van der Waals surface area contributed by atoms with Crippen LogP contribution in [0.25, 0.3) is 78.1 Å². The minimum atomic E-state index is 0.0191. The SMILES string of the molecule is BC1=C(B)C(c2c(B)c(B)c(B)c(B)c2B)c2c1oc1c(B)c(B)c(B)c(-c3nc(-c4c(B)c(B)c(B)c(B)c4B)nc(-c4c(B)c(B)c(-n5c6c(B)c(B)c(B)c(B)c6c6c(B)c(B)c(B)c(B)c65)c(B)c4B)n3)c21. The Labute approximate surface area is 475 Å². The first-order chi connectivity index (χ1) is 35.5. The first kappa shape index (κ1) is 54.5. The largest absolute Gasteiger partial charge is 0.458 e. The molecule has 0 N–H and O–H groups in total. The molecule has 0 spiro atoms. The Kier molecular flexibility index (Phi) is 13.4. The Morgan fingerprint density at radius 3 is 1.03 bits per heavy atom. The summed E-state index contributed by atoms with van der Waals surface area (Å²) in [6.07, 6.45) is 0. The summed E-state index contributed by atoms with van der Waals surface area (Å²) in [6, 6.07) is 0. The highest BCUT2D eigenvalue weighted by Gasteiger charge is 2.38. The summed E-state index contributed by atoms with van der Waals surface area (Å²) < 4.78 is 9.91. The van der Waals surface area contributed by atoms with Crippen LogP contribution in [0.3, 0.4) is 0 Å². The topological polar surface area (TPSA) is 56.7 Å². The first-order valence-electron chi connectivity index (χ1n) is 27.8. The number of hydrogen-bond donors (Lipinski definition) is 0. The summed E-state index contributed by atoms with van der Waals surface area (Å²) in [6.45, 7) is 0. The summed E-state index contributed by atoms with van der Waals surface area (Å²) in [5.41, 5.74) is 45.5. The molecule has 1 atom stereocenters. The predicted molar refractivity (Wildman–Crippen MR) is 417 cm³/mol. The zero-order valence-electron chi connectivity index (χ0n) is 51.3. The fraction of sp³-hybridized carbons (Fsp3) is 0.0227. The van der Waals surface area contributed by atoms with Gasteiger partial charge >= 0.3 is 0 Å². The summed E-state index contributed by atoms with van der Waals surface area (Å²) in [5.74, 6) is 3.10. The van der Waals surface area contributed by atoms with Crippen molar-refractivity contribution >= 4 is 387 Å². The van der Waals surface area contributed by atoms with Crippen LogP contribution in [0.15, 0.2) is 9.89 Å². The van der Waals surface area contributed by atoms with Gasteiger partial charge in [-0.1, -0.05) is 104 Å². The number of rotatable bonds is 5. The van der Waals surface area contributed by atoms with E-state index in [1.165, 1.54) is 181 Å². The van der Waals surface area contributed by atoms with Crippen LogP contribution in [-0.2, 0) is 0 Å². The third-order valence-corrected chi connectivity index (χ3v) is 21.2. The number of furan rings is 1. The highest BCUT2D eigenvalue weighted by Crippen LogP contribution is 2.48. The van der Waals surface area contributed by atoms with Gasteiger partial charge in [0.1, 0.15) is 223 Å². The predicted octanol–water partition coefficient (Wildman–Crippen LogP) is -34.7. The van der Waals surface area contributed by atoms with Crippen molar-refractivity contribution in [1.82, 2.24) is 19.5 Å². The Balaban J connectivity index is 1.35. The van der Waals surface area contributed by atoms with E-state index in [0.717, 1.165) is 38.9 Å². The second-order valence-corrected chi connectivity index (χ2v) is 23.9. The lowest BCUT2D eigenvalue weighted by molar-refractivity contribution is 0.602. The third kappa shape index (κ3) is 7.21. The fourth-order valence-corrected chi connectivity index (χ4v) is 14.2. The molecule has 0 amide bonds. The molecule has 10 rings (SSSR count). The van der Waals surface area contributed by atoms with E-state index < -0.39 is 0 Å². The van der Waals surface area contributed by atoms with Gasteiger partial charge in [-0.15, -0.1) is 49.2 Å². The number of nitrogens with zero attached hydrogens (tertiary/aromatic N) is 4. The van der Waals surface area contributed by atoms with Gasteiger partial charge in [-0.3, -0.25) is 0 Å². The van der Waals surface area contributed by atoms with E-state index in [0.29, 0.717) is 17.5 Å². The average molecular weight is 948 g/mol. The Bertz CT molecular complexity index is 4110. The van der Waals surface area contributed by atoms with Gasteiger partial charge in [0.15, 0.2) is 17.5 Å². The second-order valence-electron chi connectivity index (χ2n) is 23.9. The molecule has 32 heteroatoms. The van der Waals surface area contributed by atoms with Crippen molar-refractivity contribution in [2.24, 2.45) is 0 Å². The molecular formula is C44H55B27N4O. The van der Waals surface area contributed by atoms with Crippen molar-refractivity contribution in [2.45, 2.75) is 5.92 Å². The maximum absolute atomic E-state index is 7.26. The lowest BCUT2D eigenvalue weighted by Gasteiger charge is -2.27. The summed E-state index contributed by atoms with van der Waals surface area (Å²) in [4.78, 5) is 17.3. The zero-order valence-corrected chi connectivity index (χ0v) is 51.3. The van der Waals surface area contributed by atoms with Gasteiger partial charge in [0.2, 0.25) is 0 Å². The van der Waals surface area contributed by atoms with Crippen LogP contribution >= 0.6 is 0 Å². The van der Waals surface area contributed by atoms with Gasteiger partial charge in [-0.2, -0.15) is 0 Å².